The Morgan fingerprint density at radius 3 is 2.40 bits per heavy atom. The van der Waals surface area contributed by atoms with Crippen molar-refractivity contribution >= 4 is 5.91 Å². The maximum atomic E-state index is 13.9. The van der Waals surface area contributed by atoms with Gasteiger partial charge in [-0.05, 0) is 43.2 Å². The van der Waals surface area contributed by atoms with Crippen molar-refractivity contribution in [2.75, 3.05) is 13.1 Å². The Balaban J connectivity index is 1.31. The van der Waals surface area contributed by atoms with E-state index in [-0.39, 0.29) is 29.4 Å². The van der Waals surface area contributed by atoms with Gasteiger partial charge in [-0.25, -0.2) is 13.5 Å². The van der Waals surface area contributed by atoms with Gasteiger partial charge in [0.1, 0.15) is 11.9 Å². The van der Waals surface area contributed by atoms with E-state index in [4.69, 9.17) is 4.74 Å². The van der Waals surface area contributed by atoms with Crippen LogP contribution in [0.1, 0.15) is 53.2 Å². The molecular weight excluding hydrogens is 469 g/mol. The number of hydrogen-bond acceptors (Lipinski definition) is 3. The molecule has 1 amide bonds. The van der Waals surface area contributed by atoms with E-state index in [9.17, 15) is 26.7 Å². The fraction of sp³-hybridized carbons (Fsp3) is 0.360. The molecule has 2 heterocycles. The molecule has 0 unspecified atom stereocenters. The molecule has 1 saturated carbocycles. The lowest BCUT2D eigenvalue weighted by Gasteiger charge is -2.32. The molecule has 184 valence electrons. The second-order valence-corrected chi connectivity index (χ2v) is 8.86. The van der Waals surface area contributed by atoms with E-state index in [1.54, 1.807) is 11.0 Å². The molecule has 2 aromatic carbocycles. The molecule has 1 saturated heterocycles. The molecular formula is C25H22F5N3O2. The van der Waals surface area contributed by atoms with Crippen molar-refractivity contribution in [1.82, 2.24) is 14.7 Å². The number of carbonyl (C=O) groups is 1. The van der Waals surface area contributed by atoms with Crippen LogP contribution in [0.3, 0.4) is 0 Å². The molecule has 1 aliphatic heterocycles. The Kier molecular flexibility index (Phi) is 5.98. The Bertz CT molecular complexity index is 1240. The third-order valence-electron chi connectivity index (χ3n) is 6.34. The van der Waals surface area contributed by atoms with Crippen LogP contribution in [0.4, 0.5) is 22.0 Å². The molecule has 35 heavy (non-hydrogen) atoms. The maximum Gasteiger partial charge on any atom is 0.416 e. The van der Waals surface area contributed by atoms with E-state index < -0.39 is 23.4 Å². The average molecular weight is 491 g/mol. The van der Waals surface area contributed by atoms with E-state index in [0.29, 0.717) is 37.2 Å². The van der Waals surface area contributed by atoms with E-state index >= 15 is 0 Å². The summed E-state index contributed by atoms with van der Waals surface area (Å²) in [6, 6.07) is 8.03. The van der Waals surface area contributed by atoms with Gasteiger partial charge in [0.2, 0.25) is 0 Å². The summed E-state index contributed by atoms with van der Waals surface area (Å²) in [4.78, 5) is 15.0. The molecule has 0 spiro atoms. The predicted molar refractivity (Wildman–Crippen MR) is 116 cm³/mol. The summed E-state index contributed by atoms with van der Waals surface area (Å²) < 4.78 is 73.7. The molecule has 0 radical (unpaired) electrons. The van der Waals surface area contributed by atoms with Gasteiger partial charge < -0.3 is 9.64 Å². The lowest BCUT2D eigenvalue weighted by atomic mass is 10.1. The Hall–Kier alpha value is -3.43. The smallest absolute Gasteiger partial charge is 0.416 e. The Labute approximate surface area is 198 Å². The van der Waals surface area contributed by atoms with Gasteiger partial charge in [-0.15, -0.1) is 0 Å². The van der Waals surface area contributed by atoms with Gasteiger partial charge in [-0.3, -0.25) is 4.79 Å². The molecule has 0 atom stereocenters. The van der Waals surface area contributed by atoms with Crippen molar-refractivity contribution in [3.63, 3.8) is 0 Å². The number of ether oxygens (including phenoxy) is 1. The number of rotatable bonds is 5. The summed E-state index contributed by atoms with van der Waals surface area (Å²) in [5.74, 6) is -1.67. The van der Waals surface area contributed by atoms with Gasteiger partial charge in [-0.1, -0.05) is 6.07 Å². The highest BCUT2D eigenvalue weighted by Crippen LogP contribution is 2.43. The van der Waals surface area contributed by atoms with Crippen LogP contribution in [-0.2, 0) is 6.18 Å². The third-order valence-corrected chi connectivity index (χ3v) is 6.34. The van der Waals surface area contributed by atoms with Gasteiger partial charge >= 0.3 is 6.18 Å². The van der Waals surface area contributed by atoms with Crippen molar-refractivity contribution in [3.05, 3.63) is 77.1 Å². The van der Waals surface area contributed by atoms with E-state index in [0.717, 1.165) is 37.1 Å². The number of hydrogen-bond donors (Lipinski definition) is 0. The van der Waals surface area contributed by atoms with Gasteiger partial charge in [0.05, 0.1) is 28.7 Å². The highest BCUT2D eigenvalue weighted by Gasteiger charge is 2.36. The van der Waals surface area contributed by atoms with Crippen LogP contribution in [0.5, 0.6) is 5.75 Å². The van der Waals surface area contributed by atoms with Crippen LogP contribution in [0.2, 0.25) is 0 Å². The lowest BCUT2D eigenvalue weighted by molar-refractivity contribution is -0.137. The van der Waals surface area contributed by atoms with Crippen molar-refractivity contribution < 1.29 is 31.5 Å². The van der Waals surface area contributed by atoms with Crippen molar-refractivity contribution in [2.45, 2.75) is 43.9 Å². The first-order chi connectivity index (χ1) is 16.7. The number of amides is 1. The minimum Gasteiger partial charge on any atom is -0.487 e. The third kappa shape index (κ3) is 4.87. The number of halogens is 5. The second kappa shape index (κ2) is 8.98. The summed E-state index contributed by atoms with van der Waals surface area (Å²) in [6.45, 7) is 0.732. The van der Waals surface area contributed by atoms with Crippen LogP contribution in [0.15, 0.2) is 48.7 Å². The fourth-order valence-electron chi connectivity index (χ4n) is 4.39. The molecule has 0 bridgehead atoms. The van der Waals surface area contributed by atoms with Crippen molar-refractivity contribution in [1.29, 1.82) is 0 Å². The molecule has 1 aromatic heterocycles. The second-order valence-electron chi connectivity index (χ2n) is 8.86. The van der Waals surface area contributed by atoms with Crippen LogP contribution in [0, 0.1) is 11.6 Å². The zero-order valence-electron chi connectivity index (χ0n) is 18.6. The predicted octanol–water partition coefficient (Wildman–Crippen LogP) is 5.73. The van der Waals surface area contributed by atoms with E-state index in [1.807, 2.05) is 0 Å². The van der Waals surface area contributed by atoms with E-state index in [2.05, 4.69) is 5.10 Å². The Morgan fingerprint density at radius 2 is 1.74 bits per heavy atom. The minimum atomic E-state index is -4.48. The standard InChI is InChI=1S/C25H22F5N3O2/c26-17-6-7-22(21(27)13-17)35-19-8-10-32(11-9-19)24(34)20-14-31-33(23(20)15-4-5-15)18-3-1-2-16(12-18)25(28,29)30/h1-3,6-7,12-15,19H,4-5,8-11H2. The summed E-state index contributed by atoms with van der Waals surface area (Å²) >= 11 is 0. The summed E-state index contributed by atoms with van der Waals surface area (Å²) in [6.07, 6.45) is -0.785. The monoisotopic (exact) mass is 491 g/mol. The number of nitrogens with zero attached hydrogens (tertiary/aromatic N) is 3. The summed E-state index contributed by atoms with van der Waals surface area (Å²) in [7, 11) is 0. The normalized spacial score (nSPS) is 17.0. The first kappa shape index (κ1) is 23.3. The zero-order valence-corrected chi connectivity index (χ0v) is 18.6. The number of benzene rings is 2. The SMILES string of the molecule is O=C(c1cnn(-c2cccc(C(F)(F)F)c2)c1C1CC1)N1CCC(Oc2ccc(F)cc2F)CC1. The number of piperidine rings is 1. The highest BCUT2D eigenvalue weighted by atomic mass is 19.4. The average Bonchev–Trinajstić information content (AvgIpc) is 3.58. The first-order valence-electron chi connectivity index (χ1n) is 11.4. The molecule has 0 N–H and O–H groups in total. The lowest BCUT2D eigenvalue weighted by Crippen LogP contribution is -2.42. The zero-order chi connectivity index (χ0) is 24.7. The number of carbonyl (C=O) groups excluding carboxylic acids is 1. The maximum absolute atomic E-state index is 13.9. The van der Waals surface area contributed by atoms with Gasteiger partial charge in [0.25, 0.3) is 5.91 Å². The van der Waals surface area contributed by atoms with Crippen LogP contribution in [0.25, 0.3) is 5.69 Å². The Morgan fingerprint density at radius 1 is 1.00 bits per heavy atom. The van der Waals surface area contributed by atoms with Gasteiger partial charge in [-0.2, -0.15) is 18.3 Å². The van der Waals surface area contributed by atoms with Gasteiger partial charge in [0, 0.05) is 37.9 Å². The molecule has 2 fully saturated rings. The van der Waals surface area contributed by atoms with Crippen molar-refractivity contribution in [2.24, 2.45) is 0 Å². The number of aromatic nitrogens is 2. The first-order valence-corrected chi connectivity index (χ1v) is 11.4. The van der Waals surface area contributed by atoms with Crippen LogP contribution in [-0.4, -0.2) is 39.8 Å². The minimum absolute atomic E-state index is 0.0328. The molecule has 3 aromatic rings. The highest BCUT2D eigenvalue weighted by molar-refractivity contribution is 5.95. The number of likely N-dealkylation sites (tertiary alicyclic amines) is 1. The molecule has 5 rings (SSSR count). The quantitative estimate of drug-likeness (QED) is 0.429. The molecule has 1 aliphatic carbocycles. The molecule has 10 heteroatoms. The van der Waals surface area contributed by atoms with E-state index in [1.165, 1.54) is 23.0 Å². The number of alkyl halides is 3. The summed E-state index contributed by atoms with van der Waals surface area (Å²) in [5, 5.41) is 4.28. The van der Waals surface area contributed by atoms with Crippen molar-refractivity contribution in [3.8, 4) is 11.4 Å². The van der Waals surface area contributed by atoms with Crippen LogP contribution < -0.4 is 4.74 Å². The fourth-order valence-corrected chi connectivity index (χ4v) is 4.39. The molecule has 5 nitrogen and oxygen atoms in total. The van der Waals surface area contributed by atoms with Gasteiger partial charge in [0.15, 0.2) is 11.6 Å². The summed E-state index contributed by atoms with van der Waals surface area (Å²) in [5.41, 5.74) is 0.490. The largest absolute Gasteiger partial charge is 0.487 e. The molecule has 2 aliphatic rings. The van der Waals surface area contributed by atoms with Crippen LogP contribution >= 0.6 is 0 Å². The topological polar surface area (TPSA) is 47.4 Å².